The van der Waals surface area contributed by atoms with Crippen molar-refractivity contribution in [2.24, 2.45) is 11.8 Å². The summed E-state index contributed by atoms with van der Waals surface area (Å²) in [6.45, 7) is 2.00. The van der Waals surface area contributed by atoms with Crippen molar-refractivity contribution in [2.45, 2.75) is 6.10 Å². The average Bonchev–Trinajstić information content (AvgIpc) is 3.10. The van der Waals surface area contributed by atoms with Gasteiger partial charge in [-0.15, -0.1) is 5.10 Å². The number of benzene rings is 1. The third-order valence-electron chi connectivity index (χ3n) is 4.96. The highest BCUT2D eigenvalue weighted by Crippen LogP contribution is 2.44. The summed E-state index contributed by atoms with van der Waals surface area (Å²) in [5.41, 5.74) is 1.98. The molecule has 1 saturated carbocycles. The van der Waals surface area contributed by atoms with E-state index in [4.69, 9.17) is 4.74 Å². The molecule has 2 aliphatic rings. The van der Waals surface area contributed by atoms with Gasteiger partial charge in [0.25, 0.3) is 0 Å². The second kappa shape index (κ2) is 5.56. The number of nitrogens with one attached hydrogen (secondary N) is 1. The zero-order chi connectivity index (χ0) is 16.8. The molecule has 1 unspecified atom stereocenters. The van der Waals surface area contributed by atoms with Gasteiger partial charge in [-0.05, 0) is 24.3 Å². The maximum atomic E-state index is 10.3. The molecule has 1 aromatic carbocycles. The highest BCUT2D eigenvalue weighted by Gasteiger charge is 2.55. The van der Waals surface area contributed by atoms with Gasteiger partial charge >= 0.3 is 6.01 Å². The molecule has 126 valence electrons. The number of aromatic nitrogens is 4. The van der Waals surface area contributed by atoms with E-state index < -0.39 is 0 Å². The summed E-state index contributed by atoms with van der Waals surface area (Å²) in [5.74, 6) is 1.29. The van der Waals surface area contributed by atoms with Crippen LogP contribution in [0.1, 0.15) is 0 Å². The molecule has 2 aromatic heterocycles. The number of fused-ring (bicyclic) bond motifs is 1. The number of rotatable bonds is 4. The number of hydrogen-bond donors (Lipinski definition) is 2. The van der Waals surface area contributed by atoms with E-state index in [0.717, 1.165) is 18.8 Å². The van der Waals surface area contributed by atoms with E-state index in [9.17, 15) is 5.11 Å². The molecule has 1 saturated heterocycles. The van der Waals surface area contributed by atoms with Crippen LogP contribution in [0.25, 0.3) is 16.9 Å². The van der Waals surface area contributed by atoms with Crippen LogP contribution in [0.3, 0.4) is 0 Å². The monoisotopic (exact) mass is 335 g/mol. The highest BCUT2D eigenvalue weighted by molar-refractivity contribution is 5.67. The minimum Gasteiger partial charge on any atom is -0.507 e. The smallest absolute Gasteiger partial charge is 0.335 e. The lowest BCUT2D eigenvalue weighted by Crippen LogP contribution is -2.20. The van der Waals surface area contributed by atoms with Crippen LogP contribution in [0.4, 0.5) is 0 Å². The summed E-state index contributed by atoms with van der Waals surface area (Å²) in [7, 11) is 0. The number of ether oxygens (including phenoxy) is 1. The first-order valence-electron chi connectivity index (χ1n) is 8.33. The molecule has 3 atom stereocenters. The Balaban J connectivity index is 1.34. The Kier molecular flexibility index (Phi) is 3.21. The molecule has 1 aliphatic heterocycles. The van der Waals surface area contributed by atoms with Crippen LogP contribution in [0.2, 0.25) is 0 Å². The molecule has 0 bridgehead atoms. The Morgan fingerprint density at radius 3 is 2.60 bits per heavy atom. The molecular formula is C18H17N5O2. The quantitative estimate of drug-likeness (QED) is 0.754. The lowest BCUT2D eigenvalue weighted by Gasteiger charge is -2.09. The fraction of sp³-hybridized carbons (Fsp3) is 0.278. The van der Waals surface area contributed by atoms with Crippen molar-refractivity contribution in [3.05, 3.63) is 48.9 Å². The molecule has 0 amide bonds. The summed E-state index contributed by atoms with van der Waals surface area (Å²) in [4.78, 5) is 4.24. The highest BCUT2D eigenvalue weighted by atomic mass is 16.5. The number of nitrogens with zero attached hydrogens (tertiary/aromatic N) is 4. The van der Waals surface area contributed by atoms with Crippen LogP contribution < -0.4 is 10.1 Å². The first kappa shape index (κ1) is 14.4. The lowest BCUT2D eigenvalue weighted by atomic mass is 10.1. The number of phenolic OH excluding ortho intramolecular Hbond substituents is 1. The second-order valence-corrected chi connectivity index (χ2v) is 6.49. The van der Waals surface area contributed by atoms with Gasteiger partial charge in [0.1, 0.15) is 17.5 Å². The number of aromatic hydroxyl groups is 1. The summed E-state index contributed by atoms with van der Waals surface area (Å²) in [5, 5.41) is 21.9. The molecule has 25 heavy (non-hydrogen) atoms. The molecule has 3 aromatic rings. The number of phenols is 1. The van der Waals surface area contributed by atoms with Gasteiger partial charge in [-0.1, -0.05) is 5.10 Å². The molecule has 0 spiro atoms. The fourth-order valence-corrected chi connectivity index (χ4v) is 3.50. The fourth-order valence-electron chi connectivity index (χ4n) is 3.50. The van der Waals surface area contributed by atoms with Gasteiger partial charge < -0.3 is 19.7 Å². The van der Waals surface area contributed by atoms with Crippen molar-refractivity contribution in [1.29, 1.82) is 0 Å². The standard InChI is InChI=1S/C18H17N5O2/c24-16-7-11(23-5-1-2-6-23)3-4-12(16)15-10-20-18(22-21-15)25-17-13-8-19-9-14(13)17/h1-7,10,13-14,17,19,24H,8-9H2/t13-,14+,17?. The second-order valence-electron chi connectivity index (χ2n) is 6.49. The van der Waals surface area contributed by atoms with Crippen molar-refractivity contribution in [1.82, 2.24) is 25.1 Å². The molecule has 0 radical (unpaired) electrons. The molecule has 3 heterocycles. The Morgan fingerprint density at radius 1 is 1.12 bits per heavy atom. The van der Waals surface area contributed by atoms with Crippen LogP contribution in [0, 0.1) is 11.8 Å². The topological polar surface area (TPSA) is 85.1 Å². The van der Waals surface area contributed by atoms with Crippen molar-refractivity contribution in [2.75, 3.05) is 13.1 Å². The number of hydrogen-bond acceptors (Lipinski definition) is 6. The van der Waals surface area contributed by atoms with Crippen molar-refractivity contribution >= 4 is 0 Å². The molecule has 1 aliphatic carbocycles. The van der Waals surface area contributed by atoms with E-state index in [0.29, 0.717) is 29.1 Å². The van der Waals surface area contributed by atoms with Gasteiger partial charge in [0, 0.05) is 54.6 Å². The molecular weight excluding hydrogens is 318 g/mol. The van der Waals surface area contributed by atoms with E-state index in [1.54, 1.807) is 12.3 Å². The van der Waals surface area contributed by atoms with E-state index >= 15 is 0 Å². The van der Waals surface area contributed by atoms with Gasteiger partial charge in [0.05, 0.1) is 6.20 Å². The zero-order valence-electron chi connectivity index (χ0n) is 13.4. The van der Waals surface area contributed by atoms with E-state index in [2.05, 4.69) is 20.5 Å². The van der Waals surface area contributed by atoms with Crippen LogP contribution in [-0.4, -0.2) is 44.0 Å². The largest absolute Gasteiger partial charge is 0.507 e. The first-order valence-corrected chi connectivity index (χ1v) is 8.33. The maximum absolute atomic E-state index is 10.3. The summed E-state index contributed by atoms with van der Waals surface area (Å²) >= 11 is 0. The minimum atomic E-state index is 0.138. The lowest BCUT2D eigenvalue weighted by molar-refractivity contribution is 0.238. The Morgan fingerprint density at radius 2 is 1.92 bits per heavy atom. The Hall–Kier alpha value is -2.93. The van der Waals surface area contributed by atoms with Gasteiger partial charge in [0.2, 0.25) is 0 Å². The van der Waals surface area contributed by atoms with Crippen LogP contribution in [0.15, 0.2) is 48.9 Å². The third-order valence-corrected chi connectivity index (χ3v) is 4.96. The SMILES string of the molecule is Oc1cc(-n2cccc2)ccc1-c1cnc(OC2[C@H]3CNC[C@@H]23)nn1. The van der Waals surface area contributed by atoms with Gasteiger partial charge in [-0.3, -0.25) is 0 Å². The van der Waals surface area contributed by atoms with Crippen LogP contribution >= 0.6 is 0 Å². The normalized spacial score (nSPS) is 24.1. The molecule has 2 fully saturated rings. The van der Waals surface area contributed by atoms with Gasteiger partial charge in [-0.25, -0.2) is 4.98 Å². The van der Waals surface area contributed by atoms with Crippen LogP contribution in [-0.2, 0) is 0 Å². The van der Waals surface area contributed by atoms with E-state index in [1.165, 1.54) is 0 Å². The molecule has 2 N–H and O–H groups in total. The van der Waals surface area contributed by atoms with E-state index in [1.807, 2.05) is 41.2 Å². The molecule has 5 rings (SSSR count). The Labute approximate surface area is 144 Å². The predicted octanol–water partition coefficient (Wildman–Crippen LogP) is 1.63. The predicted molar refractivity (Wildman–Crippen MR) is 90.5 cm³/mol. The van der Waals surface area contributed by atoms with Crippen molar-refractivity contribution < 1.29 is 9.84 Å². The summed E-state index contributed by atoms with van der Waals surface area (Å²) in [6.07, 6.45) is 5.64. The summed E-state index contributed by atoms with van der Waals surface area (Å²) < 4.78 is 7.71. The van der Waals surface area contributed by atoms with Crippen molar-refractivity contribution in [3.63, 3.8) is 0 Å². The van der Waals surface area contributed by atoms with Gasteiger partial charge in [-0.2, -0.15) is 0 Å². The zero-order valence-corrected chi connectivity index (χ0v) is 13.4. The maximum Gasteiger partial charge on any atom is 0.335 e. The first-order chi connectivity index (χ1) is 12.3. The third kappa shape index (κ3) is 2.53. The van der Waals surface area contributed by atoms with Gasteiger partial charge in [0.15, 0.2) is 0 Å². The van der Waals surface area contributed by atoms with E-state index in [-0.39, 0.29) is 11.9 Å². The average molecular weight is 335 g/mol. The molecule has 7 nitrogen and oxygen atoms in total. The van der Waals surface area contributed by atoms with Crippen LogP contribution in [0.5, 0.6) is 11.8 Å². The number of piperidine rings is 1. The summed E-state index contributed by atoms with van der Waals surface area (Å²) in [6, 6.07) is 9.59. The Bertz CT molecular complexity index is 884. The minimum absolute atomic E-state index is 0.138. The van der Waals surface area contributed by atoms with Crippen molar-refractivity contribution in [3.8, 4) is 28.7 Å². The molecule has 7 heteroatoms.